The van der Waals surface area contributed by atoms with Crippen molar-refractivity contribution in [1.29, 1.82) is 0 Å². The van der Waals surface area contributed by atoms with Crippen molar-refractivity contribution in [2.24, 2.45) is 5.73 Å². The van der Waals surface area contributed by atoms with Crippen molar-refractivity contribution in [2.45, 2.75) is 13.0 Å². The highest BCUT2D eigenvalue weighted by atomic mass is 19.3. The largest absolute Gasteiger partial charge is 0.325 e. The number of nitrogens with zero attached hydrogens (tertiary/aromatic N) is 1. The van der Waals surface area contributed by atoms with Crippen molar-refractivity contribution in [2.75, 3.05) is 0 Å². The fraction of sp³-hybridized carbons (Fsp3) is 0.286. The molecule has 0 saturated carbocycles. The van der Waals surface area contributed by atoms with E-state index in [1.54, 1.807) is 0 Å². The molecule has 1 aromatic rings. The van der Waals surface area contributed by atoms with Crippen LogP contribution in [-0.2, 0) is 6.54 Å². The van der Waals surface area contributed by atoms with Gasteiger partial charge in [-0.25, -0.2) is 18.2 Å². The Kier molecular flexibility index (Phi) is 2.65. The third kappa shape index (κ3) is 1.73. The number of hydrogen-bond acceptors (Lipinski definition) is 2. The summed E-state index contributed by atoms with van der Waals surface area (Å²) in [5, 5.41) is 0. The average molecular weight is 176 g/mol. The molecule has 0 spiro atoms. The van der Waals surface area contributed by atoms with E-state index in [-0.39, 0.29) is 12.2 Å². The Hall–Kier alpha value is -1.10. The van der Waals surface area contributed by atoms with Crippen molar-refractivity contribution in [3.8, 4) is 0 Å². The van der Waals surface area contributed by atoms with Gasteiger partial charge in [0.15, 0.2) is 5.82 Å². The SMILES string of the molecule is NCc1ccc(F)c(C(F)F)n1. The lowest BCUT2D eigenvalue weighted by Gasteiger charge is -2.02. The number of rotatable bonds is 2. The highest BCUT2D eigenvalue weighted by molar-refractivity contribution is 5.14. The highest BCUT2D eigenvalue weighted by Gasteiger charge is 2.14. The van der Waals surface area contributed by atoms with Crippen LogP contribution in [0.1, 0.15) is 17.8 Å². The Morgan fingerprint density at radius 2 is 2.08 bits per heavy atom. The lowest BCUT2D eigenvalue weighted by molar-refractivity contribution is 0.140. The van der Waals surface area contributed by atoms with Crippen molar-refractivity contribution in [1.82, 2.24) is 4.98 Å². The van der Waals surface area contributed by atoms with E-state index in [0.717, 1.165) is 6.07 Å². The van der Waals surface area contributed by atoms with Crippen molar-refractivity contribution in [3.05, 3.63) is 29.3 Å². The standard InChI is InChI=1S/C7H7F3N2/c8-5-2-1-4(3-11)12-6(5)7(9)10/h1-2,7H,3,11H2. The number of pyridine rings is 1. The van der Waals surface area contributed by atoms with Gasteiger partial charge in [0.25, 0.3) is 6.43 Å². The summed E-state index contributed by atoms with van der Waals surface area (Å²) in [4.78, 5) is 3.34. The van der Waals surface area contributed by atoms with Crippen LogP contribution in [0.25, 0.3) is 0 Å². The second-order valence-corrected chi connectivity index (χ2v) is 2.17. The van der Waals surface area contributed by atoms with Crippen LogP contribution in [0.15, 0.2) is 12.1 Å². The fourth-order valence-electron chi connectivity index (χ4n) is 0.767. The molecule has 1 aromatic heterocycles. The van der Waals surface area contributed by atoms with Crippen LogP contribution >= 0.6 is 0 Å². The molecule has 66 valence electrons. The predicted octanol–water partition coefficient (Wildman–Crippen LogP) is 1.62. The van der Waals surface area contributed by atoms with Gasteiger partial charge in [-0.05, 0) is 12.1 Å². The van der Waals surface area contributed by atoms with Gasteiger partial charge < -0.3 is 5.73 Å². The molecule has 1 rings (SSSR count). The maximum absolute atomic E-state index is 12.6. The van der Waals surface area contributed by atoms with Crippen LogP contribution in [0, 0.1) is 5.82 Å². The van der Waals surface area contributed by atoms with Gasteiger partial charge in [-0.1, -0.05) is 0 Å². The monoisotopic (exact) mass is 176 g/mol. The first-order valence-electron chi connectivity index (χ1n) is 3.28. The van der Waals surface area contributed by atoms with E-state index in [9.17, 15) is 13.2 Å². The first-order chi connectivity index (χ1) is 5.65. The zero-order chi connectivity index (χ0) is 9.14. The molecule has 0 amide bonds. The van der Waals surface area contributed by atoms with Crippen molar-refractivity contribution in [3.63, 3.8) is 0 Å². The minimum atomic E-state index is -2.89. The Labute approximate surface area is 67.2 Å². The molecule has 5 heteroatoms. The Balaban J connectivity index is 3.08. The van der Waals surface area contributed by atoms with Crippen molar-refractivity contribution < 1.29 is 13.2 Å². The summed E-state index contributed by atoms with van der Waals surface area (Å²) in [6.45, 7) is 0.0278. The van der Waals surface area contributed by atoms with Gasteiger partial charge in [-0.2, -0.15) is 0 Å². The van der Waals surface area contributed by atoms with Gasteiger partial charge in [-0.15, -0.1) is 0 Å². The van der Waals surface area contributed by atoms with Gasteiger partial charge in [0.1, 0.15) is 5.69 Å². The lowest BCUT2D eigenvalue weighted by Crippen LogP contribution is -2.04. The second kappa shape index (κ2) is 3.53. The molecule has 0 unspecified atom stereocenters. The van der Waals surface area contributed by atoms with Crippen LogP contribution in [0.2, 0.25) is 0 Å². The number of hydrogen-bond donors (Lipinski definition) is 1. The average Bonchev–Trinajstić information content (AvgIpc) is 2.05. The summed E-state index contributed by atoms with van der Waals surface area (Å²) in [5.41, 5.74) is 4.56. The van der Waals surface area contributed by atoms with Crippen molar-refractivity contribution >= 4 is 0 Å². The van der Waals surface area contributed by atoms with E-state index in [2.05, 4.69) is 4.98 Å². The normalized spacial score (nSPS) is 10.8. The topological polar surface area (TPSA) is 38.9 Å². The number of nitrogens with two attached hydrogens (primary N) is 1. The maximum Gasteiger partial charge on any atom is 0.283 e. The molecule has 0 aliphatic rings. The zero-order valence-electron chi connectivity index (χ0n) is 6.10. The van der Waals surface area contributed by atoms with Crippen LogP contribution in [0.4, 0.5) is 13.2 Å². The summed E-state index contributed by atoms with van der Waals surface area (Å²) in [5.74, 6) is -0.998. The van der Waals surface area contributed by atoms with E-state index < -0.39 is 17.9 Å². The molecule has 0 fully saturated rings. The van der Waals surface area contributed by atoms with Crippen LogP contribution < -0.4 is 5.73 Å². The molecule has 0 bridgehead atoms. The van der Waals surface area contributed by atoms with E-state index >= 15 is 0 Å². The molecule has 0 atom stereocenters. The molecular formula is C7H7F3N2. The van der Waals surface area contributed by atoms with E-state index in [0.29, 0.717) is 0 Å². The molecule has 0 radical (unpaired) electrons. The van der Waals surface area contributed by atoms with Gasteiger partial charge in [0.05, 0.1) is 5.69 Å². The Morgan fingerprint density at radius 3 is 2.58 bits per heavy atom. The summed E-state index contributed by atoms with van der Waals surface area (Å²) in [6.07, 6.45) is -2.89. The van der Waals surface area contributed by atoms with Gasteiger partial charge in [-0.3, -0.25) is 0 Å². The van der Waals surface area contributed by atoms with Crippen LogP contribution in [-0.4, -0.2) is 4.98 Å². The molecule has 0 saturated heterocycles. The number of alkyl halides is 2. The summed E-state index contributed by atoms with van der Waals surface area (Å²) < 4.78 is 36.6. The molecule has 1 heterocycles. The molecular weight excluding hydrogens is 169 g/mol. The van der Waals surface area contributed by atoms with Gasteiger partial charge in [0, 0.05) is 6.54 Å². The third-order valence-electron chi connectivity index (χ3n) is 1.35. The minimum Gasteiger partial charge on any atom is -0.325 e. The maximum atomic E-state index is 12.6. The molecule has 2 N–H and O–H groups in total. The first-order valence-corrected chi connectivity index (χ1v) is 3.28. The molecule has 12 heavy (non-hydrogen) atoms. The predicted molar refractivity (Wildman–Crippen MR) is 37.0 cm³/mol. The Bertz CT molecular complexity index is 275. The summed E-state index contributed by atoms with van der Waals surface area (Å²) in [7, 11) is 0. The van der Waals surface area contributed by atoms with Gasteiger partial charge >= 0.3 is 0 Å². The molecule has 0 aromatic carbocycles. The fourth-order valence-corrected chi connectivity index (χ4v) is 0.767. The molecule has 2 nitrogen and oxygen atoms in total. The summed E-state index contributed by atoms with van der Waals surface area (Å²) in [6, 6.07) is 2.22. The number of aromatic nitrogens is 1. The van der Waals surface area contributed by atoms with E-state index in [1.807, 2.05) is 0 Å². The van der Waals surface area contributed by atoms with Crippen LogP contribution in [0.3, 0.4) is 0 Å². The summed E-state index contributed by atoms with van der Waals surface area (Å²) >= 11 is 0. The van der Waals surface area contributed by atoms with E-state index in [1.165, 1.54) is 6.07 Å². The zero-order valence-corrected chi connectivity index (χ0v) is 6.10. The number of halogens is 3. The second-order valence-electron chi connectivity index (χ2n) is 2.17. The first kappa shape index (κ1) is 8.99. The smallest absolute Gasteiger partial charge is 0.283 e. The van der Waals surface area contributed by atoms with Crippen LogP contribution in [0.5, 0.6) is 0 Å². The highest BCUT2D eigenvalue weighted by Crippen LogP contribution is 2.19. The Morgan fingerprint density at radius 1 is 1.42 bits per heavy atom. The minimum absolute atomic E-state index is 0.0278. The molecule has 0 aliphatic carbocycles. The third-order valence-corrected chi connectivity index (χ3v) is 1.35. The van der Waals surface area contributed by atoms with Gasteiger partial charge in [0.2, 0.25) is 0 Å². The lowest BCUT2D eigenvalue weighted by atomic mass is 10.3. The quantitative estimate of drug-likeness (QED) is 0.743. The molecule has 0 aliphatic heterocycles. The van der Waals surface area contributed by atoms with E-state index in [4.69, 9.17) is 5.73 Å².